The number of nitrogens with zero attached hydrogens (tertiary/aromatic N) is 2. The first-order valence-corrected chi connectivity index (χ1v) is 8.41. The van der Waals surface area contributed by atoms with E-state index in [1.165, 1.54) is 0 Å². The van der Waals surface area contributed by atoms with E-state index < -0.39 is 10.0 Å². The molecule has 0 radical (unpaired) electrons. The third kappa shape index (κ3) is 3.58. The van der Waals surface area contributed by atoms with Crippen molar-refractivity contribution in [3.63, 3.8) is 0 Å². The molecule has 0 bridgehead atoms. The third-order valence-corrected chi connectivity index (χ3v) is 4.86. The molecular formula is C16H21N3O2S. The number of rotatable bonds is 5. The van der Waals surface area contributed by atoms with Gasteiger partial charge in [0.25, 0.3) is 0 Å². The van der Waals surface area contributed by atoms with Crippen LogP contribution in [0.4, 0.5) is 11.4 Å². The molecule has 2 rings (SSSR count). The van der Waals surface area contributed by atoms with Gasteiger partial charge < -0.3 is 15.4 Å². The summed E-state index contributed by atoms with van der Waals surface area (Å²) in [5.74, 6) is 0. The van der Waals surface area contributed by atoms with Crippen LogP contribution in [0.25, 0.3) is 4.72 Å². The second-order valence-electron chi connectivity index (χ2n) is 5.33. The fraction of sp³-hybridized carbons (Fsp3) is 0.250. The first kappa shape index (κ1) is 16.3. The van der Waals surface area contributed by atoms with Crippen LogP contribution in [-0.4, -0.2) is 22.5 Å². The number of anilines is 1. The Balaban J connectivity index is 2.31. The smallest absolute Gasteiger partial charge is 0.123 e. The Morgan fingerprint density at radius 3 is 2.27 bits per heavy atom. The number of aryl methyl sites for hydroxylation is 1. The van der Waals surface area contributed by atoms with Gasteiger partial charge in [-0.25, -0.2) is 8.42 Å². The van der Waals surface area contributed by atoms with E-state index in [2.05, 4.69) is 10.5 Å². The van der Waals surface area contributed by atoms with Crippen molar-refractivity contribution < 1.29 is 14.2 Å². The maximum absolute atomic E-state index is 12.5. The first-order valence-electron chi connectivity index (χ1n) is 6.97. The molecule has 0 atom stereocenters. The van der Waals surface area contributed by atoms with E-state index >= 15 is 0 Å². The molecule has 6 heteroatoms. The molecule has 0 saturated heterocycles. The van der Waals surface area contributed by atoms with E-state index in [4.69, 9.17) is 0 Å². The fourth-order valence-corrected chi connectivity index (χ4v) is 3.35. The van der Waals surface area contributed by atoms with Gasteiger partial charge in [-0.1, -0.05) is 24.3 Å². The molecule has 0 saturated carbocycles. The molecule has 0 aromatic heterocycles. The number of benzene rings is 2. The highest BCUT2D eigenvalue weighted by Crippen LogP contribution is 2.31. The van der Waals surface area contributed by atoms with Crippen molar-refractivity contribution in [1.82, 2.24) is 0 Å². The van der Waals surface area contributed by atoms with E-state index in [0.29, 0.717) is 17.8 Å². The highest BCUT2D eigenvalue weighted by Gasteiger charge is 2.10. The minimum atomic E-state index is -3.73. The summed E-state index contributed by atoms with van der Waals surface area (Å²) in [6.07, 6.45) is 0. The summed E-state index contributed by atoms with van der Waals surface area (Å²) >= 11 is 0. The largest absolute Gasteiger partial charge is 0.573 e. The van der Waals surface area contributed by atoms with Crippen LogP contribution in [0.2, 0.25) is 0 Å². The molecule has 22 heavy (non-hydrogen) atoms. The Kier molecular flexibility index (Phi) is 4.73. The molecule has 0 fully saturated rings. The van der Waals surface area contributed by atoms with Crippen LogP contribution in [0.3, 0.4) is 0 Å². The molecule has 2 aromatic rings. The van der Waals surface area contributed by atoms with Crippen molar-refractivity contribution in [1.29, 1.82) is 0 Å². The number of sulfonamides is 1. The molecule has 2 aromatic carbocycles. The minimum absolute atomic E-state index is 0.241. The lowest BCUT2D eigenvalue weighted by Gasteiger charge is -2.24. The number of quaternary nitrogens is 1. The predicted molar refractivity (Wildman–Crippen MR) is 88.7 cm³/mol. The van der Waals surface area contributed by atoms with E-state index in [-0.39, 0.29) is 4.90 Å². The van der Waals surface area contributed by atoms with Gasteiger partial charge in [0.15, 0.2) is 0 Å². The SMILES string of the molecule is Cc1ccc(C[NH3+])cc1S(=O)(=O)[N-]c1ccc(N(C)C)cc1. The normalized spacial score (nSPS) is 11.3. The van der Waals surface area contributed by atoms with Gasteiger partial charge in [0.1, 0.15) is 10.0 Å². The summed E-state index contributed by atoms with van der Waals surface area (Å²) in [6.45, 7) is 2.31. The number of hydrogen-bond acceptors (Lipinski definition) is 3. The molecule has 0 heterocycles. The van der Waals surface area contributed by atoms with Gasteiger partial charge in [-0.15, -0.1) is 5.69 Å². The Morgan fingerprint density at radius 2 is 1.73 bits per heavy atom. The van der Waals surface area contributed by atoms with Crippen molar-refractivity contribution >= 4 is 21.4 Å². The topological polar surface area (TPSA) is 79.1 Å². The summed E-state index contributed by atoms with van der Waals surface area (Å²) in [4.78, 5) is 2.19. The van der Waals surface area contributed by atoms with Crippen molar-refractivity contribution in [3.05, 3.63) is 58.3 Å². The number of hydrogen-bond donors (Lipinski definition) is 1. The van der Waals surface area contributed by atoms with Gasteiger partial charge in [-0.3, -0.25) is 0 Å². The van der Waals surface area contributed by atoms with Gasteiger partial charge >= 0.3 is 0 Å². The summed E-state index contributed by atoms with van der Waals surface area (Å²) < 4.78 is 29.0. The second-order valence-corrected chi connectivity index (χ2v) is 6.90. The maximum Gasteiger partial charge on any atom is 0.123 e. The van der Waals surface area contributed by atoms with Crippen molar-refractivity contribution in [2.45, 2.75) is 18.4 Å². The van der Waals surface area contributed by atoms with Gasteiger partial charge in [0.05, 0.1) is 11.4 Å². The summed E-state index contributed by atoms with van der Waals surface area (Å²) in [5.41, 5.74) is 6.77. The predicted octanol–water partition coefficient (Wildman–Crippen LogP) is 2.20. The molecule has 0 amide bonds. The average molecular weight is 319 g/mol. The van der Waals surface area contributed by atoms with Gasteiger partial charge in [-0.2, -0.15) is 0 Å². The molecule has 0 aliphatic heterocycles. The zero-order valence-electron chi connectivity index (χ0n) is 13.1. The highest BCUT2D eigenvalue weighted by molar-refractivity contribution is 7.94. The van der Waals surface area contributed by atoms with Crippen molar-refractivity contribution in [3.8, 4) is 0 Å². The molecule has 0 spiro atoms. The molecular weight excluding hydrogens is 298 g/mol. The zero-order chi connectivity index (χ0) is 16.3. The highest BCUT2D eigenvalue weighted by atomic mass is 32.2. The van der Waals surface area contributed by atoms with Gasteiger partial charge in [0, 0.05) is 25.3 Å². The van der Waals surface area contributed by atoms with Crippen LogP contribution in [0, 0.1) is 6.92 Å². The fourth-order valence-electron chi connectivity index (χ4n) is 2.08. The van der Waals surface area contributed by atoms with Crippen molar-refractivity contribution in [2.24, 2.45) is 0 Å². The van der Waals surface area contributed by atoms with Crippen LogP contribution in [0.5, 0.6) is 0 Å². The van der Waals surface area contributed by atoms with Gasteiger partial charge in [-0.05, 0) is 30.7 Å². The summed E-state index contributed by atoms with van der Waals surface area (Å²) in [5, 5.41) is 0. The summed E-state index contributed by atoms with van der Waals surface area (Å²) in [7, 11) is 0.128. The van der Waals surface area contributed by atoms with E-state index in [0.717, 1.165) is 11.3 Å². The van der Waals surface area contributed by atoms with E-state index in [9.17, 15) is 8.42 Å². The lowest BCUT2D eigenvalue weighted by Crippen LogP contribution is -2.47. The molecule has 3 N–H and O–H groups in total. The molecule has 0 unspecified atom stereocenters. The Labute approximate surface area is 131 Å². The Hall–Kier alpha value is -2.05. The molecule has 5 nitrogen and oxygen atoms in total. The summed E-state index contributed by atoms with van der Waals surface area (Å²) in [6, 6.07) is 12.4. The Morgan fingerprint density at radius 1 is 1.09 bits per heavy atom. The van der Waals surface area contributed by atoms with Crippen LogP contribution in [0.15, 0.2) is 47.4 Å². The van der Waals surface area contributed by atoms with E-state index in [1.54, 1.807) is 31.2 Å². The standard InChI is InChI=1S/C16H20N3O2S/c1-12-4-5-13(11-17)10-16(12)22(20,21)18-14-6-8-15(9-7-14)19(2)3/h4-10H,11,17H2,1-3H3/q-1/p+1. The molecule has 0 aliphatic rings. The second kappa shape index (κ2) is 6.37. The minimum Gasteiger partial charge on any atom is -0.573 e. The maximum atomic E-state index is 12.5. The quantitative estimate of drug-likeness (QED) is 0.917. The average Bonchev–Trinajstić information content (AvgIpc) is 2.47. The monoisotopic (exact) mass is 319 g/mol. The van der Waals surface area contributed by atoms with E-state index in [1.807, 2.05) is 37.2 Å². The Bertz CT molecular complexity index is 753. The van der Waals surface area contributed by atoms with Crippen LogP contribution in [-0.2, 0) is 16.6 Å². The lowest BCUT2D eigenvalue weighted by atomic mass is 10.1. The van der Waals surface area contributed by atoms with Crippen molar-refractivity contribution in [2.75, 3.05) is 19.0 Å². The molecule has 118 valence electrons. The first-order chi connectivity index (χ1) is 10.3. The van der Waals surface area contributed by atoms with Crippen LogP contribution < -0.4 is 10.6 Å². The van der Waals surface area contributed by atoms with Crippen LogP contribution in [0.1, 0.15) is 11.1 Å². The lowest BCUT2D eigenvalue weighted by molar-refractivity contribution is -0.386. The van der Waals surface area contributed by atoms with Gasteiger partial charge in [0.2, 0.25) is 0 Å². The van der Waals surface area contributed by atoms with Crippen LogP contribution >= 0.6 is 0 Å². The molecule has 0 aliphatic carbocycles. The zero-order valence-corrected chi connectivity index (χ0v) is 13.9. The third-order valence-electron chi connectivity index (χ3n) is 3.41.